The number of nitrogens with zero attached hydrogens (tertiary/aromatic N) is 1. The van der Waals surface area contributed by atoms with Crippen LogP contribution in [-0.4, -0.2) is 27.4 Å². The highest BCUT2D eigenvalue weighted by molar-refractivity contribution is 9.10. The fourth-order valence-electron chi connectivity index (χ4n) is 3.01. The number of likely N-dealkylation sites (tertiary alicyclic amines) is 1. The number of aliphatic carboxylic acids is 1. The first kappa shape index (κ1) is 16.0. The van der Waals surface area contributed by atoms with Gasteiger partial charge in [-0.3, -0.25) is 9.59 Å². The zero-order valence-corrected chi connectivity index (χ0v) is 14.1. The van der Waals surface area contributed by atoms with Crippen molar-refractivity contribution in [3.05, 3.63) is 34.3 Å². The molecule has 2 rings (SSSR count). The Labute approximate surface area is 133 Å². The molecule has 0 saturated carbocycles. The SMILES string of the molecule is CC(C)(C)N1C(=O)CCC(C(=O)O)C1c1cccc(Br)c1. The molecular weight excluding hydrogens is 334 g/mol. The molecule has 0 aromatic heterocycles. The lowest BCUT2D eigenvalue weighted by atomic mass is 9.81. The van der Waals surface area contributed by atoms with Gasteiger partial charge in [0.25, 0.3) is 0 Å². The predicted molar refractivity (Wildman–Crippen MR) is 83.8 cm³/mol. The molecule has 1 aliphatic rings. The minimum absolute atomic E-state index is 0.0185. The fraction of sp³-hybridized carbons (Fsp3) is 0.500. The van der Waals surface area contributed by atoms with Crippen molar-refractivity contribution >= 4 is 27.8 Å². The van der Waals surface area contributed by atoms with E-state index in [1.54, 1.807) is 4.90 Å². The topological polar surface area (TPSA) is 57.6 Å². The number of carboxylic acid groups (broad SMARTS) is 1. The maximum Gasteiger partial charge on any atom is 0.308 e. The van der Waals surface area contributed by atoms with E-state index in [1.807, 2.05) is 45.0 Å². The highest BCUT2D eigenvalue weighted by Gasteiger charge is 2.44. The smallest absolute Gasteiger partial charge is 0.308 e. The van der Waals surface area contributed by atoms with Crippen molar-refractivity contribution in [1.82, 2.24) is 4.90 Å². The molecule has 5 heteroatoms. The predicted octanol–water partition coefficient (Wildman–Crippen LogP) is 3.61. The van der Waals surface area contributed by atoms with Crippen LogP contribution in [0.1, 0.15) is 45.2 Å². The molecule has 1 amide bonds. The monoisotopic (exact) mass is 353 g/mol. The maximum absolute atomic E-state index is 12.4. The average molecular weight is 354 g/mol. The Kier molecular flexibility index (Phi) is 4.42. The van der Waals surface area contributed by atoms with Crippen LogP contribution in [0.5, 0.6) is 0 Å². The van der Waals surface area contributed by atoms with E-state index in [0.29, 0.717) is 12.8 Å². The molecule has 0 spiro atoms. The van der Waals surface area contributed by atoms with Gasteiger partial charge in [0, 0.05) is 16.4 Å². The number of rotatable bonds is 2. The molecule has 114 valence electrons. The Morgan fingerprint density at radius 3 is 2.57 bits per heavy atom. The molecule has 0 aliphatic carbocycles. The van der Waals surface area contributed by atoms with Crippen LogP contribution >= 0.6 is 15.9 Å². The first-order valence-corrected chi connectivity index (χ1v) is 7.81. The van der Waals surface area contributed by atoms with Gasteiger partial charge in [0.2, 0.25) is 5.91 Å². The molecule has 21 heavy (non-hydrogen) atoms. The summed E-state index contributed by atoms with van der Waals surface area (Å²) in [4.78, 5) is 25.8. The molecule has 4 nitrogen and oxygen atoms in total. The van der Waals surface area contributed by atoms with Gasteiger partial charge in [-0.25, -0.2) is 0 Å². The lowest BCUT2D eigenvalue weighted by molar-refractivity contribution is -0.156. The van der Waals surface area contributed by atoms with Crippen LogP contribution in [0, 0.1) is 5.92 Å². The second kappa shape index (κ2) is 5.79. The van der Waals surface area contributed by atoms with E-state index in [0.717, 1.165) is 10.0 Å². The third-order valence-electron chi connectivity index (χ3n) is 3.83. The first-order valence-electron chi connectivity index (χ1n) is 7.02. The number of hydrogen-bond acceptors (Lipinski definition) is 2. The van der Waals surface area contributed by atoms with E-state index < -0.39 is 23.5 Å². The molecule has 0 bridgehead atoms. The largest absolute Gasteiger partial charge is 0.481 e. The van der Waals surface area contributed by atoms with Gasteiger partial charge in [-0.1, -0.05) is 28.1 Å². The van der Waals surface area contributed by atoms with E-state index in [1.165, 1.54) is 0 Å². The number of carboxylic acids is 1. The molecule has 1 saturated heterocycles. The molecule has 1 aliphatic heterocycles. The highest BCUT2D eigenvalue weighted by Crippen LogP contribution is 2.41. The molecule has 1 heterocycles. The summed E-state index contributed by atoms with van der Waals surface area (Å²) in [6, 6.07) is 7.13. The normalized spacial score (nSPS) is 23.2. The summed E-state index contributed by atoms with van der Waals surface area (Å²) in [5.41, 5.74) is 0.442. The standard InChI is InChI=1S/C16H20BrNO3/c1-16(2,3)18-13(19)8-7-12(15(20)21)14(18)10-5-4-6-11(17)9-10/h4-6,9,12,14H,7-8H2,1-3H3,(H,20,21). The van der Waals surface area contributed by atoms with Gasteiger partial charge < -0.3 is 10.0 Å². The van der Waals surface area contributed by atoms with Crippen LogP contribution in [0.2, 0.25) is 0 Å². The van der Waals surface area contributed by atoms with Gasteiger partial charge in [-0.2, -0.15) is 0 Å². The van der Waals surface area contributed by atoms with Crippen LogP contribution in [0.4, 0.5) is 0 Å². The number of carbonyl (C=O) groups excluding carboxylic acids is 1. The van der Waals surface area contributed by atoms with E-state index in [4.69, 9.17) is 0 Å². The zero-order valence-electron chi connectivity index (χ0n) is 12.5. The molecule has 0 radical (unpaired) electrons. The van der Waals surface area contributed by atoms with Crippen molar-refractivity contribution in [3.8, 4) is 0 Å². The van der Waals surface area contributed by atoms with Crippen LogP contribution < -0.4 is 0 Å². The number of amides is 1. The van der Waals surface area contributed by atoms with Crippen LogP contribution in [-0.2, 0) is 9.59 Å². The Balaban J connectivity index is 2.54. The van der Waals surface area contributed by atoms with E-state index in [-0.39, 0.29) is 5.91 Å². The first-order chi connectivity index (χ1) is 9.71. The molecule has 1 N–H and O–H groups in total. The second-order valence-electron chi connectivity index (χ2n) is 6.42. The zero-order chi connectivity index (χ0) is 15.8. The van der Waals surface area contributed by atoms with Gasteiger partial charge in [-0.15, -0.1) is 0 Å². The summed E-state index contributed by atoms with van der Waals surface area (Å²) >= 11 is 3.42. The summed E-state index contributed by atoms with van der Waals surface area (Å²) in [6.45, 7) is 5.83. The number of benzene rings is 1. The van der Waals surface area contributed by atoms with Gasteiger partial charge >= 0.3 is 5.97 Å². The Morgan fingerprint density at radius 2 is 2.05 bits per heavy atom. The summed E-state index contributed by atoms with van der Waals surface area (Å²) in [6.07, 6.45) is 0.677. The molecule has 2 atom stereocenters. The minimum atomic E-state index is -0.846. The summed E-state index contributed by atoms with van der Waals surface area (Å²) in [5.74, 6) is -1.40. The van der Waals surface area contributed by atoms with Gasteiger partial charge in [0.05, 0.1) is 12.0 Å². The summed E-state index contributed by atoms with van der Waals surface area (Å²) in [7, 11) is 0. The lowest BCUT2D eigenvalue weighted by Gasteiger charge is -2.47. The van der Waals surface area contributed by atoms with Crippen LogP contribution in [0.25, 0.3) is 0 Å². The van der Waals surface area contributed by atoms with Gasteiger partial charge in [0.1, 0.15) is 0 Å². The van der Waals surface area contributed by atoms with Crippen molar-refractivity contribution in [2.24, 2.45) is 5.92 Å². The van der Waals surface area contributed by atoms with E-state index >= 15 is 0 Å². The van der Waals surface area contributed by atoms with Crippen molar-refractivity contribution in [1.29, 1.82) is 0 Å². The summed E-state index contributed by atoms with van der Waals surface area (Å²) < 4.78 is 0.885. The van der Waals surface area contributed by atoms with Gasteiger partial charge in [0.15, 0.2) is 0 Å². The van der Waals surface area contributed by atoms with Crippen molar-refractivity contribution < 1.29 is 14.7 Å². The average Bonchev–Trinajstić information content (AvgIpc) is 2.36. The Hall–Kier alpha value is -1.36. The highest BCUT2D eigenvalue weighted by atomic mass is 79.9. The Bertz CT molecular complexity index is 565. The molecule has 1 fully saturated rings. The Morgan fingerprint density at radius 1 is 1.38 bits per heavy atom. The number of piperidine rings is 1. The molecule has 1 aromatic rings. The third-order valence-corrected chi connectivity index (χ3v) is 4.32. The van der Waals surface area contributed by atoms with Crippen LogP contribution in [0.3, 0.4) is 0 Å². The fourth-order valence-corrected chi connectivity index (χ4v) is 3.43. The summed E-state index contributed by atoms with van der Waals surface area (Å²) in [5, 5.41) is 9.56. The quantitative estimate of drug-likeness (QED) is 0.883. The van der Waals surface area contributed by atoms with Crippen molar-refractivity contribution in [2.75, 3.05) is 0 Å². The molecule has 1 aromatic carbocycles. The van der Waals surface area contributed by atoms with Crippen LogP contribution in [0.15, 0.2) is 28.7 Å². The van der Waals surface area contributed by atoms with E-state index in [2.05, 4.69) is 15.9 Å². The number of halogens is 1. The second-order valence-corrected chi connectivity index (χ2v) is 7.33. The van der Waals surface area contributed by atoms with Gasteiger partial charge in [-0.05, 0) is 44.9 Å². The molecular formula is C16H20BrNO3. The van der Waals surface area contributed by atoms with E-state index in [9.17, 15) is 14.7 Å². The van der Waals surface area contributed by atoms with Crippen molar-refractivity contribution in [2.45, 2.75) is 45.2 Å². The van der Waals surface area contributed by atoms with Crippen molar-refractivity contribution in [3.63, 3.8) is 0 Å². The molecule has 2 unspecified atom stereocenters. The maximum atomic E-state index is 12.4. The lowest BCUT2D eigenvalue weighted by Crippen LogP contribution is -2.53. The third kappa shape index (κ3) is 3.28. The number of carbonyl (C=O) groups is 2. The number of hydrogen-bond donors (Lipinski definition) is 1. The minimum Gasteiger partial charge on any atom is -0.481 e.